The Labute approximate surface area is 124 Å². The van der Waals surface area contributed by atoms with E-state index >= 15 is 0 Å². The van der Waals surface area contributed by atoms with Crippen LogP contribution in [0.5, 0.6) is 0 Å². The average Bonchev–Trinajstić information content (AvgIpc) is 2.47. The quantitative estimate of drug-likeness (QED) is 0.775. The molecule has 1 atom stereocenters. The minimum Gasteiger partial charge on any atom is -0.310 e. The summed E-state index contributed by atoms with van der Waals surface area (Å²) in [7, 11) is 0. The van der Waals surface area contributed by atoms with Gasteiger partial charge < -0.3 is 5.32 Å². The maximum atomic E-state index is 13.0. The van der Waals surface area contributed by atoms with E-state index in [1.165, 1.54) is 38.2 Å². The molecule has 0 saturated heterocycles. The molecule has 0 bridgehead atoms. The molecule has 1 nitrogen and oxygen atoms in total. The molecule has 0 heterocycles. The van der Waals surface area contributed by atoms with Gasteiger partial charge >= 0.3 is 6.18 Å². The Balaban J connectivity index is 1.89. The van der Waals surface area contributed by atoms with Crippen molar-refractivity contribution >= 4 is 0 Å². The topological polar surface area (TPSA) is 12.0 Å². The molecule has 2 rings (SSSR count). The van der Waals surface area contributed by atoms with Crippen LogP contribution >= 0.6 is 0 Å². The van der Waals surface area contributed by atoms with Crippen molar-refractivity contribution in [3.63, 3.8) is 0 Å². The number of nitrogens with one attached hydrogen (secondary N) is 1. The van der Waals surface area contributed by atoms with Crippen molar-refractivity contribution in [2.75, 3.05) is 6.54 Å². The molecular weight excluding hydrogens is 275 g/mol. The molecule has 0 aliphatic heterocycles. The molecular formula is C17H24F3N. The van der Waals surface area contributed by atoms with Crippen LogP contribution in [0, 0.1) is 5.92 Å². The summed E-state index contributed by atoms with van der Waals surface area (Å²) in [6, 6.07) is 5.58. The molecule has 0 spiro atoms. The Morgan fingerprint density at radius 1 is 1.14 bits per heavy atom. The third-order valence-electron chi connectivity index (χ3n) is 4.46. The van der Waals surface area contributed by atoms with Gasteiger partial charge in [-0.15, -0.1) is 0 Å². The van der Waals surface area contributed by atoms with Gasteiger partial charge in [0, 0.05) is 6.04 Å². The van der Waals surface area contributed by atoms with E-state index in [1.807, 2.05) is 6.92 Å². The second kappa shape index (κ2) is 7.30. The predicted octanol–water partition coefficient (Wildman–Crippen LogP) is 5.33. The zero-order valence-corrected chi connectivity index (χ0v) is 12.5. The van der Waals surface area contributed by atoms with Gasteiger partial charge in [0.25, 0.3) is 0 Å². The molecule has 1 aromatic carbocycles. The lowest BCUT2D eigenvalue weighted by molar-refractivity contribution is -0.138. The molecule has 4 heteroatoms. The van der Waals surface area contributed by atoms with Gasteiger partial charge in [-0.1, -0.05) is 50.3 Å². The molecule has 0 radical (unpaired) electrons. The Kier molecular flexibility index (Phi) is 5.68. The normalized spacial score (nSPS) is 18.7. The monoisotopic (exact) mass is 299 g/mol. The molecule has 0 amide bonds. The van der Waals surface area contributed by atoms with E-state index in [0.717, 1.165) is 24.9 Å². The van der Waals surface area contributed by atoms with Crippen LogP contribution in [-0.4, -0.2) is 6.54 Å². The van der Waals surface area contributed by atoms with Crippen LogP contribution in [0.4, 0.5) is 13.2 Å². The van der Waals surface area contributed by atoms with Crippen LogP contribution in [-0.2, 0) is 6.18 Å². The highest BCUT2D eigenvalue weighted by Gasteiger charge is 2.34. The van der Waals surface area contributed by atoms with Gasteiger partial charge in [0.1, 0.15) is 0 Å². The molecule has 1 aromatic rings. The summed E-state index contributed by atoms with van der Waals surface area (Å²) in [6.45, 7) is 2.60. The van der Waals surface area contributed by atoms with Crippen molar-refractivity contribution in [3.05, 3.63) is 35.4 Å². The fourth-order valence-corrected chi connectivity index (χ4v) is 3.22. The highest BCUT2D eigenvalue weighted by molar-refractivity contribution is 5.32. The summed E-state index contributed by atoms with van der Waals surface area (Å²) in [5.74, 6) is 0.747. The summed E-state index contributed by atoms with van der Waals surface area (Å²) in [6.07, 6.45) is 3.27. The van der Waals surface area contributed by atoms with E-state index in [1.54, 1.807) is 12.1 Å². The first-order valence-corrected chi connectivity index (χ1v) is 7.88. The van der Waals surface area contributed by atoms with E-state index in [9.17, 15) is 13.2 Å². The number of alkyl halides is 3. The highest BCUT2D eigenvalue weighted by atomic mass is 19.4. The fourth-order valence-electron chi connectivity index (χ4n) is 3.22. The van der Waals surface area contributed by atoms with E-state index in [0.29, 0.717) is 5.56 Å². The molecule has 1 unspecified atom stereocenters. The van der Waals surface area contributed by atoms with Gasteiger partial charge in [0.15, 0.2) is 0 Å². The first-order valence-electron chi connectivity index (χ1n) is 7.88. The van der Waals surface area contributed by atoms with Gasteiger partial charge in [0.05, 0.1) is 5.56 Å². The van der Waals surface area contributed by atoms with E-state index in [4.69, 9.17) is 0 Å². The summed E-state index contributed by atoms with van der Waals surface area (Å²) >= 11 is 0. The number of benzene rings is 1. The molecule has 1 N–H and O–H groups in total. The van der Waals surface area contributed by atoms with Crippen LogP contribution < -0.4 is 5.32 Å². The maximum Gasteiger partial charge on any atom is 0.416 e. The van der Waals surface area contributed by atoms with Crippen LogP contribution in [0.3, 0.4) is 0 Å². The fraction of sp³-hybridized carbons (Fsp3) is 0.647. The lowest BCUT2D eigenvalue weighted by atomic mass is 9.87. The number of rotatable bonds is 5. The van der Waals surface area contributed by atoms with E-state index in [2.05, 4.69) is 5.32 Å². The van der Waals surface area contributed by atoms with Crippen LogP contribution in [0.2, 0.25) is 0 Å². The van der Waals surface area contributed by atoms with Crippen molar-refractivity contribution in [3.8, 4) is 0 Å². The first-order chi connectivity index (χ1) is 9.98. The van der Waals surface area contributed by atoms with Crippen molar-refractivity contribution in [2.45, 2.75) is 57.7 Å². The third-order valence-corrected chi connectivity index (χ3v) is 4.46. The number of halogens is 3. The standard InChI is InChI=1S/C17H24F3N/c1-13(21-12-11-14-7-3-2-4-8-14)15-9-5-6-10-16(15)17(18,19)20/h5-6,9-10,13-14,21H,2-4,7-8,11-12H2,1H3. The Hall–Kier alpha value is -1.03. The molecule has 0 aromatic heterocycles. The summed E-state index contributed by atoms with van der Waals surface area (Å²) < 4.78 is 39.0. The second-order valence-corrected chi connectivity index (χ2v) is 6.05. The highest BCUT2D eigenvalue weighted by Crippen LogP contribution is 2.34. The molecule has 1 fully saturated rings. The first kappa shape index (κ1) is 16.3. The third kappa shape index (κ3) is 4.73. The van der Waals surface area contributed by atoms with Crippen LogP contribution in [0.25, 0.3) is 0 Å². The van der Waals surface area contributed by atoms with Crippen molar-refractivity contribution < 1.29 is 13.2 Å². The van der Waals surface area contributed by atoms with Crippen molar-refractivity contribution in [2.24, 2.45) is 5.92 Å². The van der Waals surface area contributed by atoms with Crippen molar-refractivity contribution in [1.29, 1.82) is 0 Å². The lowest BCUT2D eigenvalue weighted by Crippen LogP contribution is -2.24. The van der Waals surface area contributed by atoms with E-state index < -0.39 is 11.7 Å². The molecule has 1 aliphatic carbocycles. The van der Waals surface area contributed by atoms with Gasteiger partial charge in [0.2, 0.25) is 0 Å². The zero-order valence-electron chi connectivity index (χ0n) is 12.5. The Bertz CT molecular complexity index is 436. The van der Waals surface area contributed by atoms with Gasteiger partial charge in [-0.05, 0) is 37.4 Å². The van der Waals surface area contributed by atoms with Gasteiger partial charge in [-0.3, -0.25) is 0 Å². The minimum atomic E-state index is -4.28. The smallest absolute Gasteiger partial charge is 0.310 e. The lowest BCUT2D eigenvalue weighted by Gasteiger charge is -2.23. The predicted molar refractivity (Wildman–Crippen MR) is 79.1 cm³/mol. The SMILES string of the molecule is CC(NCCC1CCCCC1)c1ccccc1C(F)(F)F. The molecule has 1 aliphatic rings. The Morgan fingerprint density at radius 2 is 1.81 bits per heavy atom. The molecule has 21 heavy (non-hydrogen) atoms. The average molecular weight is 299 g/mol. The van der Waals surface area contributed by atoms with Crippen LogP contribution in [0.15, 0.2) is 24.3 Å². The zero-order chi connectivity index (χ0) is 15.3. The summed E-state index contributed by atoms with van der Waals surface area (Å²) in [4.78, 5) is 0. The van der Waals surface area contributed by atoms with Crippen LogP contribution in [0.1, 0.15) is 62.6 Å². The second-order valence-electron chi connectivity index (χ2n) is 6.05. The Morgan fingerprint density at radius 3 is 2.48 bits per heavy atom. The van der Waals surface area contributed by atoms with Gasteiger partial charge in [-0.2, -0.15) is 13.2 Å². The summed E-state index contributed by atoms with van der Waals surface area (Å²) in [5.41, 5.74) is -0.184. The maximum absolute atomic E-state index is 13.0. The number of hydrogen-bond acceptors (Lipinski definition) is 1. The number of hydrogen-bond donors (Lipinski definition) is 1. The van der Waals surface area contributed by atoms with Gasteiger partial charge in [-0.25, -0.2) is 0 Å². The largest absolute Gasteiger partial charge is 0.416 e. The molecule has 1 saturated carbocycles. The van der Waals surface area contributed by atoms with Crippen molar-refractivity contribution in [1.82, 2.24) is 5.32 Å². The van der Waals surface area contributed by atoms with E-state index in [-0.39, 0.29) is 6.04 Å². The minimum absolute atomic E-state index is 0.272. The molecule has 118 valence electrons. The summed E-state index contributed by atoms with van der Waals surface area (Å²) in [5, 5.41) is 3.26.